The van der Waals surface area contributed by atoms with Crippen LogP contribution in [0.15, 0.2) is 42.5 Å². The number of hydrogen-bond donors (Lipinski definition) is 1. The molecule has 2 aromatic carbocycles. The fourth-order valence-corrected chi connectivity index (χ4v) is 5.02. The van der Waals surface area contributed by atoms with Gasteiger partial charge in [-0.15, -0.1) is 0 Å². The molecule has 0 fully saturated rings. The Morgan fingerprint density at radius 2 is 1.86 bits per heavy atom. The van der Waals surface area contributed by atoms with Crippen molar-refractivity contribution in [3.63, 3.8) is 0 Å². The predicted molar refractivity (Wildman–Crippen MR) is 144 cm³/mol. The van der Waals surface area contributed by atoms with Gasteiger partial charge in [0.15, 0.2) is 0 Å². The highest BCUT2D eigenvalue weighted by molar-refractivity contribution is 7.92. The van der Waals surface area contributed by atoms with Gasteiger partial charge in [-0.2, -0.15) is 0 Å². The zero-order valence-electron chi connectivity index (χ0n) is 21.6. The number of aryl methyl sites for hydroxylation is 1. The fraction of sp³-hybridized carbons (Fsp3) is 0.462. The van der Waals surface area contributed by atoms with Gasteiger partial charge >= 0.3 is 0 Å². The molecule has 198 valence electrons. The first-order valence-electron chi connectivity index (χ1n) is 12.0. The summed E-state index contributed by atoms with van der Waals surface area (Å²) in [6, 6.07) is 11.3. The molecule has 0 saturated heterocycles. The van der Waals surface area contributed by atoms with Crippen LogP contribution in [-0.2, 0) is 26.2 Å². The molecule has 2 aromatic rings. The molecule has 0 unspecified atom stereocenters. The molecule has 0 aliphatic heterocycles. The number of ether oxygens (including phenoxy) is 1. The highest BCUT2D eigenvalue weighted by atomic mass is 35.5. The van der Waals surface area contributed by atoms with Gasteiger partial charge in [0.25, 0.3) is 0 Å². The smallest absolute Gasteiger partial charge is 0.244 e. The minimum Gasteiger partial charge on any atom is -0.497 e. The Morgan fingerprint density at radius 3 is 2.44 bits per heavy atom. The summed E-state index contributed by atoms with van der Waals surface area (Å²) in [5.74, 6) is -0.138. The quantitative estimate of drug-likeness (QED) is 0.387. The summed E-state index contributed by atoms with van der Waals surface area (Å²) >= 11 is 6.06. The van der Waals surface area contributed by atoms with E-state index in [1.54, 1.807) is 50.4 Å². The number of sulfonamides is 1. The maximum absolute atomic E-state index is 13.7. The molecule has 0 aromatic heterocycles. The Balaban J connectivity index is 2.45. The third kappa shape index (κ3) is 8.13. The van der Waals surface area contributed by atoms with Crippen molar-refractivity contribution in [1.29, 1.82) is 0 Å². The average molecular weight is 538 g/mol. The number of rotatable bonds is 13. The Hall–Kier alpha value is -2.78. The van der Waals surface area contributed by atoms with Crippen LogP contribution in [0, 0.1) is 6.92 Å². The second-order valence-electron chi connectivity index (χ2n) is 8.64. The first-order valence-corrected chi connectivity index (χ1v) is 14.2. The van der Waals surface area contributed by atoms with Gasteiger partial charge in [-0.3, -0.25) is 13.9 Å². The first kappa shape index (κ1) is 29.5. The first-order chi connectivity index (χ1) is 17.0. The zero-order chi connectivity index (χ0) is 26.9. The summed E-state index contributed by atoms with van der Waals surface area (Å²) in [5.41, 5.74) is 1.73. The lowest BCUT2D eigenvalue weighted by molar-refractivity contribution is -0.140. The Kier molecular flexibility index (Phi) is 11.0. The number of hydrogen-bond acceptors (Lipinski definition) is 5. The number of carbonyl (C=O) groups is 2. The third-order valence-corrected chi connectivity index (χ3v) is 7.17. The average Bonchev–Trinajstić information content (AvgIpc) is 2.82. The van der Waals surface area contributed by atoms with E-state index in [0.29, 0.717) is 35.0 Å². The van der Waals surface area contributed by atoms with Crippen molar-refractivity contribution in [3.05, 3.63) is 58.6 Å². The number of anilines is 1. The van der Waals surface area contributed by atoms with Gasteiger partial charge in [-0.05, 0) is 61.2 Å². The zero-order valence-corrected chi connectivity index (χ0v) is 23.2. The summed E-state index contributed by atoms with van der Waals surface area (Å²) in [4.78, 5) is 28.2. The minimum atomic E-state index is -3.81. The molecule has 0 spiro atoms. The lowest BCUT2D eigenvalue weighted by Crippen LogP contribution is -2.52. The van der Waals surface area contributed by atoms with Gasteiger partial charge in [0.05, 0.1) is 19.1 Å². The largest absolute Gasteiger partial charge is 0.497 e. The normalized spacial score (nSPS) is 12.1. The van der Waals surface area contributed by atoms with Gasteiger partial charge in [0.2, 0.25) is 21.8 Å². The van der Waals surface area contributed by atoms with E-state index < -0.39 is 28.5 Å². The second-order valence-corrected chi connectivity index (χ2v) is 11.0. The van der Waals surface area contributed by atoms with Crippen molar-refractivity contribution < 1.29 is 22.7 Å². The molecule has 2 amide bonds. The van der Waals surface area contributed by atoms with Gasteiger partial charge in [-0.1, -0.05) is 44.0 Å². The molecule has 1 atom stereocenters. The Morgan fingerprint density at radius 1 is 1.14 bits per heavy atom. The SMILES string of the molecule is CCCCNC(=O)[C@@H](CC)N(Cc1cccc(OC)c1)C(=O)CN(c1ccc(Cl)cc1C)S(C)(=O)=O. The predicted octanol–water partition coefficient (Wildman–Crippen LogP) is 4.15. The lowest BCUT2D eigenvalue weighted by Gasteiger charge is -2.33. The van der Waals surface area contributed by atoms with Crippen LogP contribution < -0.4 is 14.4 Å². The molecule has 0 bridgehead atoms. The molecule has 0 aliphatic rings. The van der Waals surface area contributed by atoms with Crippen LogP contribution >= 0.6 is 11.6 Å². The van der Waals surface area contributed by atoms with Gasteiger partial charge < -0.3 is 15.0 Å². The summed E-state index contributed by atoms with van der Waals surface area (Å²) in [6.45, 7) is 5.76. The van der Waals surface area contributed by atoms with E-state index in [1.165, 1.54) is 4.90 Å². The number of halogens is 1. The van der Waals surface area contributed by atoms with Crippen molar-refractivity contribution in [2.45, 2.75) is 52.6 Å². The fourth-order valence-electron chi connectivity index (χ4n) is 3.89. The van der Waals surface area contributed by atoms with Crippen LogP contribution in [0.1, 0.15) is 44.2 Å². The molecule has 0 radical (unpaired) electrons. The molecule has 2 rings (SSSR count). The summed E-state index contributed by atoms with van der Waals surface area (Å²) in [6.07, 6.45) is 3.17. The topological polar surface area (TPSA) is 96.0 Å². The number of unbranched alkanes of at least 4 members (excludes halogenated alkanes) is 1. The number of nitrogens with zero attached hydrogens (tertiary/aromatic N) is 2. The molecular formula is C26H36ClN3O5S. The maximum atomic E-state index is 13.7. The van der Waals surface area contributed by atoms with E-state index >= 15 is 0 Å². The van der Waals surface area contributed by atoms with Crippen LogP contribution in [0.25, 0.3) is 0 Å². The molecule has 0 aliphatic carbocycles. The molecule has 36 heavy (non-hydrogen) atoms. The third-order valence-electron chi connectivity index (χ3n) is 5.81. The van der Waals surface area contributed by atoms with E-state index in [4.69, 9.17) is 16.3 Å². The van der Waals surface area contributed by atoms with Crippen molar-refractivity contribution in [2.24, 2.45) is 0 Å². The molecule has 0 saturated carbocycles. The minimum absolute atomic E-state index is 0.118. The Labute approximate surface area is 219 Å². The summed E-state index contributed by atoms with van der Waals surface area (Å²) in [7, 11) is -2.26. The Bertz CT molecular complexity index is 1160. The van der Waals surface area contributed by atoms with Crippen LogP contribution in [-0.4, -0.2) is 57.6 Å². The molecule has 8 nitrogen and oxygen atoms in total. The maximum Gasteiger partial charge on any atom is 0.244 e. The number of methoxy groups -OCH3 is 1. The van der Waals surface area contributed by atoms with E-state index in [1.807, 2.05) is 19.9 Å². The standard InChI is InChI=1S/C26H36ClN3O5S/c1-6-8-14-28-26(32)23(7-2)29(17-20-10-9-11-22(16-20)35-4)25(31)18-30(36(5,33)34)24-13-12-21(27)15-19(24)3/h9-13,15-16,23H,6-8,14,17-18H2,1-5H3,(H,28,32)/t23-/m1/s1. The molecular weight excluding hydrogens is 502 g/mol. The highest BCUT2D eigenvalue weighted by Gasteiger charge is 2.32. The van der Waals surface area contributed by atoms with Crippen molar-refractivity contribution >= 4 is 39.1 Å². The number of amides is 2. The lowest BCUT2D eigenvalue weighted by atomic mass is 10.1. The van der Waals surface area contributed by atoms with Crippen LogP contribution in [0.3, 0.4) is 0 Å². The van der Waals surface area contributed by atoms with Crippen LogP contribution in [0.4, 0.5) is 5.69 Å². The van der Waals surface area contributed by atoms with Gasteiger partial charge in [-0.25, -0.2) is 8.42 Å². The molecule has 10 heteroatoms. The number of carbonyl (C=O) groups excluding carboxylic acids is 2. The van der Waals surface area contributed by atoms with E-state index in [-0.39, 0.29) is 12.5 Å². The van der Waals surface area contributed by atoms with Gasteiger partial charge in [0.1, 0.15) is 18.3 Å². The summed E-state index contributed by atoms with van der Waals surface area (Å²) < 4.78 is 31.8. The van der Waals surface area contributed by atoms with Gasteiger partial charge in [0, 0.05) is 18.1 Å². The number of benzene rings is 2. The van der Waals surface area contributed by atoms with Crippen molar-refractivity contribution in [2.75, 3.05) is 30.8 Å². The van der Waals surface area contributed by atoms with Crippen LogP contribution in [0.5, 0.6) is 5.75 Å². The number of nitrogens with one attached hydrogen (secondary N) is 1. The monoisotopic (exact) mass is 537 g/mol. The molecule has 0 heterocycles. The highest BCUT2D eigenvalue weighted by Crippen LogP contribution is 2.26. The van der Waals surface area contributed by atoms with E-state index in [9.17, 15) is 18.0 Å². The van der Waals surface area contributed by atoms with E-state index in [2.05, 4.69) is 5.32 Å². The van der Waals surface area contributed by atoms with Crippen molar-refractivity contribution in [3.8, 4) is 5.75 Å². The molecule has 1 N–H and O–H groups in total. The van der Waals surface area contributed by atoms with E-state index in [0.717, 1.165) is 29.0 Å². The van der Waals surface area contributed by atoms with Crippen LogP contribution in [0.2, 0.25) is 5.02 Å². The summed E-state index contributed by atoms with van der Waals surface area (Å²) in [5, 5.41) is 3.37. The van der Waals surface area contributed by atoms with Crippen molar-refractivity contribution in [1.82, 2.24) is 10.2 Å². The second kappa shape index (κ2) is 13.5.